The van der Waals surface area contributed by atoms with E-state index in [-0.39, 0.29) is 18.9 Å². The van der Waals surface area contributed by atoms with Crippen molar-refractivity contribution in [2.24, 2.45) is 7.05 Å². The number of benzene rings is 1. The van der Waals surface area contributed by atoms with Gasteiger partial charge in [-0.05, 0) is 30.7 Å². The second-order valence-corrected chi connectivity index (χ2v) is 5.04. The molecule has 24 heavy (non-hydrogen) atoms. The number of aromatic nitrogens is 2. The molecule has 1 aromatic heterocycles. The highest BCUT2D eigenvalue weighted by Crippen LogP contribution is 2.28. The van der Waals surface area contributed by atoms with Gasteiger partial charge >= 0.3 is 6.18 Å². The Hall–Kier alpha value is -2.55. The van der Waals surface area contributed by atoms with Crippen molar-refractivity contribution in [1.82, 2.24) is 9.78 Å². The van der Waals surface area contributed by atoms with Crippen LogP contribution in [0.5, 0.6) is 5.75 Å². The number of carbonyl (C=O) groups excluding carboxylic acids is 1. The third-order valence-corrected chi connectivity index (χ3v) is 3.18. The Morgan fingerprint density at radius 1 is 1.38 bits per heavy atom. The summed E-state index contributed by atoms with van der Waals surface area (Å²) in [7, 11) is 1.27. The standard InChI is InChI=1S/C15H16F3N3O3/c1-9-7-10(3-4-12(9)24-6-5-22)19-14(23)11-8-13(15(16,17)18)20-21(11)2/h3-4,7-8,22H,5-6H2,1-2H3,(H,19,23). The number of nitrogens with zero attached hydrogens (tertiary/aromatic N) is 2. The van der Waals surface area contributed by atoms with Crippen LogP contribution in [0, 0.1) is 6.92 Å². The third-order valence-electron chi connectivity index (χ3n) is 3.18. The first-order valence-corrected chi connectivity index (χ1v) is 6.99. The minimum absolute atomic E-state index is 0.125. The number of rotatable bonds is 5. The van der Waals surface area contributed by atoms with E-state index >= 15 is 0 Å². The van der Waals surface area contributed by atoms with Crippen LogP contribution in [-0.2, 0) is 13.2 Å². The molecule has 0 spiro atoms. The Labute approximate surface area is 135 Å². The van der Waals surface area contributed by atoms with E-state index in [0.717, 1.165) is 4.68 Å². The highest BCUT2D eigenvalue weighted by molar-refractivity contribution is 6.03. The first-order valence-electron chi connectivity index (χ1n) is 6.99. The summed E-state index contributed by atoms with van der Waals surface area (Å²) in [5, 5.41) is 14.5. The number of amides is 1. The fourth-order valence-corrected chi connectivity index (χ4v) is 2.06. The van der Waals surface area contributed by atoms with Gasteiger partial charge in [-0.25, -0.2) is 0 Å². The van der Waals surface area contributed by atoms with Crippen LogP contribution in [0.1, 0.15) is 21.7 Å². The van der Waals surface area contributed by atoms with Crippen molar-refractivity contribution in [2.45, 2.75) is 13.1 Å². The van der Waals surface area contributed by atoms with E-state index in [1.807, 2.05) is 0 Å². The van der Waals surface area contributed by atoms with Gasteiger partial charge in [-0.15, -0.1) is 0 Å². The molecular weight excluding hydrogens is 327 g/mol. The van der Waals surface area contributed by atoms with Crippen molar-refractivity contribution in [3.8, 4) is 5.75 Å². The van der Waals surface area contributed by atoms with Crippen molar-refractivity contribution < 1.29 is 27.8 Å². The molecule has 130 valence electrons. The number of aryl methyl sites for hydroxylation is 2. The number of aliphatic hydroxyl groups excluding tert-OH is 1. The van der Waals surface area contributed by atoms with E-state index in [1.165, 1.54) is 7.05 Å². The van der Waals surface area contributed by atoms with Gasteiger partial charge in [-0.3, -0.25) is 9.48 Å². The van der Waals surface area contributed by atoms with Crippen LogP contribution in [-0.4, -0.2) is 34.0 Å². The first kappa shape index (κ1) is 17.8. The maximum atomic E-state index is 12.6. The minimum atomic E-state index is -4.61. The van der Waals surface area contributed by atoms with Gasteiger partial charge in [-0.1, -0.05) is 0 Å². The molecule has 0 aliphatic heterocycles. The second kappa shape index (κ2) is 6.91. The zero-order valence-corrected chi connectivity index (χ0v) is 13.0. The zero-order valence-electron chi connectivity index (χ0n) is 13.0. The number of hydrogen-bond acceptors (Lipinski definition) is 4. The summed E-state index contributed by atoms with van der Waals surface area (Å²) < 4.78 is 44.1. The number of halogens is 3. The predicted octanol–water partition coefficient (Wildman–Crippen LogP) is 2.37. The van der Waals surface area contributed by atoms with Crippen LogP contribution in [0.4, 0.5) is 18.9 Å². The maximum Gasteiger partial charge on any atom is 0.435 e. The molecule has 0 bridgehead atoms. The number of nitrogens with one attached hydrogen (secondary N) is 1. The molecule has 0 aliphatic rings. The number of carbonyl (C=O) groups is 1. The number of anilines is 1. The van der Waals surface area contributed by atoms with Gasteiger partial charge in [0.05, 0.1) is 6.61 Å². The van der Waals surface area contributed by atoms with Crippen LogP contribution in [0.3, 0.4) is 0 Å². The van der Waals surface area contributed by atoms with E-state index < -0.39 is 17.8 Å². The maximum absolute atomic E-state index is 12.6. The highest BCUT2D eigenvalue weighted by atomic mass is 19.4. The third kappa shape index (κ3) is 4.05. The molecule has 0 fully saturated rings. The number of aliphatic hydroxyl groups is 1. The van der Waals surface area contributed by atoms with Gasteiger partial charge in [0, 0.05) is 18.8 Å². The van der Waals surface area contributed by atoms with E-state index in [1.54, 1.807) is 25.1 Å². The normalized spacial score (nSPS) is 11.4. The molecule has 0 saturated carbocycles. The average Bonchev–Trinajstić information content (AvgIpc) is 2.88. The second-order valence-electron chi connectivity index (χ2n) is 5.04. The van der Waals surface area contributed by atoms with Crippen LogP contribution >= 0.6 is 0 Å². The molecule has 0 atom stereocenters. The molecule has 0 radical (unpaired) electrons. The summed E-state index contributed by atoms with van der Waals surface area (Å²) >= 11 is 0. The lowest BCUT2D eigenvalue weighted by Crippen LogP contribution is -2.16. The molecule has 2 N–H and O–H groups in total. The Kier molecular flexibility index (Phi) is 5.13. The zero-order chi connectivity index (χ0) is 17.9. The summed E-state index contributed by atoms with van der Waals surface area (Å²) in [5.74, 6) is -0.161. The van der Waals surface area contributed by atoms with Gasteiger partial charge < -0.3 is 15.2 Å². The van der Waals surface area contributed by atoms with E-state index in [9.17, 15) is 18.0 Å². The van der Waals surface area contributed by atoms with Crippen molar-refractivity contribution in [2.75, 3.05) is 18.5 Å². The summed E-state index contributed by atoms with van der Waals surface area (Å²) in [6.07, 6.45) is -4.61. The lowest BCUT2D eigenvalue weighted by atomic mass is 10.2. The lowest BCUT2D eigenvalue weighted by Gasteiger charge is -2.10. The first-order chi connectivity index (χ1) is 11.2. The topological polar surface area (TPSA) is 76.4 Å². The van der Waals surface area contributed by atoms with Gasteiger partial charge in [0.25, 0.3) is 5.91 Å². The van der Waals surface area contributed by atoms with Crippen LogP contribution in [0.25, 0.3) is 0 Å². The molecule has 2 aromatic rings. The molecule has 0 unspecified atom stereocenters. The SMILES string of the molecule is Cc1cc(NC(=O)c2cc(C(F)(F)F)nn2C)ccc1OCCO. The van der Waals surface area contributed by atoms with Gasteiger partial charge in [0.2, 0.25) is 0 Å². The smallest absolute Gasteiger partial charge is 0.435 e. The molecule has 0 aliphatic carbocycles. The fourth-order valence-electron chi connectivity index (χ4n) is 2.06. The molecular formula is C15H16F3N3O3. The molecule has 1 aromatic carbocycles. The van der Waals surface area contributed by atoms with Crippen molar-refractivity contribution >= 4 is 11.6 Å². The molecule has 0 saturated heterocycles. The van der Waals surface area contributed by atoms with Gasteiger partial charge in [-0.2, -0.15) is 18.3 Å². The Morgan fingerprint density at radius 3 is 2.62 bits per heavy atom. The highest BCUT2D eigenvalue weighted by Gasteiger charge is 2.35. The molecule has 6 nitrogen and oxygen atoms in total. The largest absolute Gasteiger partial charge is 0.491 e. The van der Waals surface area contributed by atoms with Crippen molar-refractivity contribution in [1.29, 1.82) is 0 Å². The minimum Gasteiger partial charge on any atom is -0.491 e. The Morgan fingerprint density at radius 2 is 2.08 bits per heavy atom. The molecule has 1 heterocycles. The summed E-state index contributed by atoms with van der Waals surface area (Å²) in [4.78, 5) is 12.1. The van der Waals surface area contributed by atoms with Gasteiger partial charge in [0.15, 0.2) is 5.69 Å². The van der Waals surface area contributed by atoms with Crippen LogP contribution in [0.15, 0.2) is 24.3 Å². The Bertz CT molecular complexity index is 741. The summed E-state index contributed by atoms with van der Waals surface area (Å²) in [6.45, 7) is 1.76. The molecule has 2 rings (SSSR count). The number of alkyl halides is 3. The van der Waals surface area contributed by atoms with Crippen molar-refractivity contribution in [3.05, 3.63) is 41.2 Å². The fraction of sp³-hybridized carbons (Fsp3) is 0.333. The molecule has 9 heteroatoms. The summed E-state index contributed by atoms with van der Waals surface area (Å²) in [6, 6.07) is 5.47. The van der Waals surface area contributed by atoms with Crippen LogP contribution < -0.4 is 10.1 Å². The van der Waals surface area contributed by atoms with E-state index in [0.29, 0.717) is 23.1 Å². The van der Waals surface area contributed by atoms with Crippen molar-refractivity contribution in [3.63, 3.8) is 0 Å². The monoisotopic (exact) mass is 343 g/mol. The van der Waals surface area contributed by atoms with E-state index in [2.05, 4.69) is 10.4 Å². The summed E-state index contributed by atoms with van der Waals surface area (Å²) in [5.41, 5.74) is -0.217. The lowest BCUT2D eigenvalue weighted by molar-refractivity contribution is -0.141. The van der Waals surface area contributed by atoms with Gasteiger partial charge in [0.1, 0.15) is 18.1 Å². The molecule has 1 amide bonds. The Balaban J connectivity index is 2.15. The number of ether oxygens (including phenoxy) is 1. The predicted molar refractivity (Wildman–Crippen MR) is 79.9 cm³/mol. The van der Waals surface area contributed by atoms with E-state index in [4.69, 9.17) is 9.84 Å². The number of hydrogen-bond donors (Lipinski definition) is 2. The average molecular weight is 343 g/mol. The van der Waals surface area contributed by atoms with Crippen LogP contribution in [0.2, 0.25) is 0 Å². The quantitative estimate of drug-likeness (QED) is 0.874.